The molecule has 102 valence electrons. The molecule has 18 heavy (non-hydrogen) atoms. The molecule has 0 atom stereocenters. The monoisotopic (exact) mass is 252 g/mol. The van der Waals surface area contributed by atoms with Crippen molar-refractivity contribution in [1.29, 1.82) is 0 Å². The predicted octanol–water partition coefficient (Wildman–Crippen LogP) is 3.79. The summed E-state index contributed by atoms with van der Waals surface area (Å²) in [6, 6.07) is 4.07. The highest BCUT2D eigenvalue weighted by Gasteiger charge is 2.20. The highest BCUT2D eigenvalue weighted by Crippen LogP contribution is 2.41. The summed E-state index contributed by atoms with van der Waals surface area (Å²) in [4.78, 5) is 0. The topological polar surface area (TPSA) is 27.7 Å². The molecule has 0 saturated heterocycles. The lowest BCUT2D eigenvalue weighted by Gasteiger charge is -2.23. The van der Waals surface area contributed by atoms with Crippen molar-refractivity contribution in [1.82, 2.24) is 0 Å². The van der Waals surface area contributed by atoms with Crippen molar-refractivity contribution in [3.8, 4) is 17.2 Å². The molecule has 0 unspecified atom stereocenters. The second-order valence-electron chi connectivity index (χ2n) is 5.12. The van der Waals surface area contributed by atoms with Crippen LogP contribution in [-0.2, 0) is 5.41 Å². The van der Waals surface area contributed by atoms with Gasteiger partial charge in [-0.15, -0.1) is 0 Å². The van der Waals surface area contributed by atoms with E-state index in [2.05, 4.69) is 20.8 Å². The van der Waals surface area contributed by atoms with E-state index in [1.54, 1.807) is 7.11 Å². The normalized spacial score (nSPS) is 11.2. The molecule has 0 spiro atoms. The Morgan fingerprint density at radius 1 is 0.944 bits per heavy atom. The first-order chi connectivity index (χ1) is 8.43. The molecule has 0 aliphatic rings. The summed E-state index contributed by atoms with van der Waals surface area (Å²) in [6.45, 7) is 11.6. The van der Waals surface area contributed by atoms with Crippen LogP contribution in [0.4, 0.5) is 0 Å². The minimum atomic E-state index is 0.0456. The standard InChI is InChI=1S/C15H24O3/c1-7-17-12-9-11(15(3,4)5)10-13(18-8-2)14(12)16-6/h9-10H,7-8H2,1-6H3. The molecule has 0 aliphatic heterocycles. The van der Waals surface area contributed by atoms with E-state index in [0.29, 0.717) is 19.0 Å². The van der Waals surface area contributed by atoms with E-state index in [4.69, 9.17) is 14.2 Å². The van der Waals surface area contributed by atoms with E-state index in [1.807, 2.05) is 26.0 Å². The van der Waals surface area contributed by atoms with Gasteiger partial charge in [0.05, 0.1) is 20.3 Å². The number of rotatable bonds is 5. The van der Waals surface area contributed by atoms with Gasteiger partial charge in [-0.2, -0.15) is 0 Å². The minimum absolute atomic E-state index is 0.0456. The fraction of sp³-hybridized carbons (Fsp3) is 0.600. The average Bonchev–Trinajstić information content (AvgIpc) is 2.28. The van der Waals surface area contributed by atoms with Gasteiger partial charge in [-0.3, -0.25) is 0 Å². The third-order valence-electron chi connectivity index (χ3n) is 2.69. The first-order valence-electron chi connectivity index (χ1n) is 6.42. The number of benzene rings is 1. The Hall–Kier alpha value is -1.38. The third-order valence-corrected chi connectivity index (χ3v) is 2.69. The van der Waals surface area contributed by atoms with Gasteiger partial charge < -0.3 is 14.2 Å². The van der Waals surface area contributed by atoms with E-state index >= 15 is 0 Å². The Balaban J connectivity index is 3.33. The average molecular weight is 252 g/mol. The number of methoxy groups -OCH3 is 1. The first-order valence-corrected chi connectivity index (χ1v) is 6.42. The Morgan fingerprint density at radius 3 is 1.67 bits per heavy atom. The maximum Gasteiger partial charge on any atom is 0.203 e. The molecule has 3 heteroatoms. The summed E-state index contributed by atoms with van der Waals surface area (Å²) in [6.07, 6.45) is 0. The maximum absolute atomic E-state index is 5.65. The van der Waals surface area contributed by atoms with Crippen molar-refractivity contribution in [3.05, 3.63) is 17.7 Å². The predicted molar refractivity (Wildman–Crippen MR) is 74.0 cm³/mol. The summed E-state index contributed by atoms with van der Waals surface area (Å²) in [5, 5.41) is 0. The van der Waals surface area contributed by atoms with Crippen molar-refractivity contribution in [3.63, 3.8) is 0 Å². The number of hydrogen-bond acceptors (Lipinski definition) is 3. The van der Waals surface area contributed by atoms with Gasteiger partial charge in [0.2, 0.25) is 5.75 Å². The second kappa shape index (κ2) is 5.98. The summed E-state index contributed by atoms with van der Waals surface area (Å²) >= 11 is 0. The maximum atomic E-state index is 5.65. The van der Waals surface area contributed by atoms with Gasteiger partial charge in [-0.05, 0) is 37.0 Å². The van der Waals surface area contributed by atoms with Gasteiger partial charge in [-0.1, -0.05) is 20.8 Å². The largest absolute Gasteiger partial charge is 0.490 e. The van der Waals surface area contributed by atoms with Crippen LogP contribution in [0.5, 0.6) is 17.2 Å². The van der Waals surface area contributed by atoms with Gasteiger partial charge in [0.15, 0.2) is 11.5 Å². The smallest absolute Gasteiger partial charge is 0.203 e. The van der Waals surface area contributed by atoms with Crippen LogP contribution >= 0.6 is 0 Å². The molecule has 0 fully saturated rings. The van der Waals surface area contributed by atoms with Gasteiger partial charge in [0.25, 0.3) is 0 Å². The lowest BCUT2D eigenvalue weighted by Crippen LogP contribution is -2.12. The summed E-state index contributed by atoms with van der Waals surface area (Å²) in [5.74, 6) is 2.17. The molecule has 0 heterocycles. The van der Waals surface area contributed by atoms with Crippen LogP contribution in [0.2, 0.25) is 0 Å². The Morgan fingerprint density at radius 2 is 1.39 bits per heavy atom. The van der Waals surface area contributed by atoms with E-state index < -0.39 is 0 Å². The fourth-order valence-corrected chi connectivity index (χ4v) is 1.74. The molecule has 1 aromatic carbocycles. The van der Waals surface area contributed by atoms with Gasteiger partial charge in [-0.25, -0.2) is 0 Å². The zero-order valence-electron chi connectivity index (χ0n) is 12.3. The lowest BCUT2D eigenvalue weighted by molar-refractivity contribution is 0.280. The second-order valence-corrected chi connectivity index (χ2v) is 5.12. The number of ether oxygens (including phenoxy) is 3. The molecule has 0 amide bonds. The van der Waals surface area contributed by atoms with Crippen LogP contribution in [0.25, 0.3) is 0 Å². The van der Waals surface area contributed by atoms with Crippen LogP contribution in [0.1, 0.15) is 40.2 Å². The molecule has 0 aliphatic carbocycles. The first kappa shape index (κ1) is 14.7. The third kappa shape index (κ3) is 3.31. The zero-order chi connectivity index (χ0) is 13.8. The van der Waals surface area contributed by atoms with Crippen LogP contribution in [0, 0.1) is 0 Å². The highest BCUT2D eigenvalue weighted by atomic mass is 16.5. The van der Waals surface area contributed by atoms with E-state index in [-0.39, 0.29) is 5.41 Å². The molecular formula is C15H24O3. The van der Waals surface area contributed by atoms with Crippen LogP contribution in [0.3, 0.4) is 0 Å². The van der Waals surface area contributed by atoms with Crippen LogP contribution < -0.4 is 14.2 Å². The van der Waals surface area contributed by atoms with Crippen LogP contribution in [-0.4, -0.2) is 20.3 Å². The van der Waals surface area contributed by atoms with Gasteiger partial charge in [0.1, 0.15) is 0 Å². The summed E-state index contributed by atoms with van der Waals surface area (Å²) in [7, 11) is 1.64. The lowest BCUT2D eigenvalue weighted by atomic mass is 9.86. The molecule has 0 saturated carbocycles. The SMILES string of the molecule is CCOc1cc(C(C)(C)C)cc(OCC)c1OC. The highest BCUT2D eigenvalue weighted by molar-refractivity contribution is 5.55. The molecule has 1 rings (SSSR count). The quantitative estimate of drug-likeness (QED) is 0.798. The Bertz CT molecular complexity index is 364. The molecule has 3 nitrogen and oxygen atoms in total. The van der Waals surface area contributed by atoms with E-state index in [1.165, 1.54) is 5.56 Å². The number of hydrogen-bond donors (Lipinski definition) is 0. The van der Waals surface area contributed by atoms with Crippen molar-refractivity contribution in [2.24, 2.45) is 0 Å². The summed E-state index contributed by atoms with van der Waals surface area (Å²) in [5.41, 5.74) is 1.22. The van der Waals surface area contributed by atoms with Crippen LogP contribution in [0.15, 0.2) is 12.1 Å². The Labute approximate surface area is 110 Å². The molecular weight excluding hydrogens is 228 g/mol. The molecule has 0 N–H and O–H groups in total. The van der Waals surface area contributed by atoms with Gasteiger partial charge >= 0.3 is 0 Å². The zero-order valence-corrected chi connectivity index (χ0v) is 12.3. The van der Waals surface area contributed by atoms with Crippen molar-refractivity contribution in [2.45, 2.75) is 40.0 Å². The van der Waals surface area contributed by atoms with E-state index in [0.717, 1.165) is 11.5 Å². The summed E-state index contributed by atoms with van der Waals surface area (Å²) < 4.78 is 16.7. The van der Waals surface area contributed by atoms with Crippen molar-refractivity contribution in [2.75, 3.05) is 20.3 Å². The molecule has 0 bridgehead atoms. The minimum Gasteiger partial charge on any atom is -0.490 e. The van der Waals surface area contributed by atoms with Crippen molar-refractivity contribution >= 4 is 0 Å². The molecule has 0 aromatic heterocycles. The van der Waals surface area contributed by atoms with Crippen molar-refractivity contribution < 1.29 is 14.2 Å². The molecule has 0 radical (unpaired) electrons. The fourth-order valence-electron chi connectivity index (χ4n) is 1.74. The molecule has 1 aromatic rings. The van der Waals surface area contributed by atoms with Gasteiger partial charge in [0, 0.05) is 0 Å². The van der Waals surface area contributed by atoms with E-state index in [9.17, 15) is 0 Å². The Kier molecular flexibility index (Phi) is 4.88.